The summed E-state index contributed by atoms with van der Waals surface area (Å²) in [5.74, 6) is -0.445. The number of hydrogen-bond acceptors (Lipinski definition) is 8. The van der Waals surface area contributed by atoms with Gasteiger partial charge in [-0.05, 0) is 67.1 Å². The number of anilines is 1. The summed E-state index contributed by atoms with van der Waals surface area (Å²) in [6.07, 6.45) is 0.971. The lowest BCUT2D eigenvalue weighted by Gasteiger charge is -2.31. The van der Waals surface area contributed by atoms with Gasteiger partial charge in [0, 0.05) is 52.3 Å². The van der Waals surface area contributed by atoms with Gasteiger partial charge in [-0.25, -0.2) is 8.42 Å². The summed E-state index contributed by atoms with van der Waals surface area (Å²) < 4.78 is 65.8. The first-order valence-electron chi connectivity index (χ1n) is 11.6. The van der Waals surface area contributed by atoms with Gasteiger partial charge in [0.05, 0.1) is 11.5 Å². The number of piperidine rings is 1. The molecule has 2 aromatic carbocycles. The Kier molecular flexibility index (Phi) is 8.83. The number of hydrogen-bond donors (Lipinski definition) is 2. The van der Waals surface area contributed by atoms with Gasteiger partial charge in [-0.15, -0.1) is 11.3 Å². The predicted molar refractivity (Wildman–Crippen MR) is 142 cm³/mol. The van der Waals surface area contributed by atoms with Crippen LogP contribution >= 0.6 is 23.1 Å². The van der Waals surface area contributed by atoms with Crippen molar-refractivity contribution in [3.8, 4) is 0 Å². The van der Waals surface area contributed by atoms with Crippen LogP contribution in [-0.4, -0.2) is 48.2 Å². The number of alkyl halides is 3. The average molecular weight is 601 g/mol. The molecule has 39 heavy (non-hydrogen) atoms. The van der Waals surface area contributed by atoms with Gasteiger partial charge in [0.25, 0.3) is 21.6 Å². The molecule has 1 amide bonds. The second-order valence-electron chi connectivity index (χ2n) is 8.61. The van der Waals surface area contributed by atoms with Gasteiger partial charge in [-0.1, -0.05) is 6.07 Å². The minimum absolute atomic E-state index is 0.0740. The fraction of sp³-hybridized carbons (Fsp3) is 0.292. The normalized spacial score (nSPS) is 15.2. The van der Waals surface area contributed by atoms with Crippen LogP contribution in [0.25, 0.3) is 0 Å². The summed E-state index contributed by atoms with van der Waals surface area (Å²) in [7, 11) is -3.75. The van der Waals surface area contributed by atoms with Crippen molar-refractivity contribution in [3.05, 3.63) is 81.2 Å². The maximum Gasteiger partial charge on any atom is 0.446 e. The van der Waals surface area contributed by atoms with Gasteiger partial charge in [-0.2, -0.15) is 17.5 Å². The minimum atomic E-state index is -4.38. The monoisotopic (exact) mass is 600 g/mol. The van der Waals surface area contributed by atoms with Crippen LogP contribution in [0.3, 0.4) is 0 Å². The molecule has 0 spiro atoms. The molecule has 0 bridgehead atoms. The zero-order valence-electron chi connectivity index (χ0n) is 20.2. The molecule has 0 saturated carbocycles. The number of thioether (sulfide) groups is 1. The Labute approximate surface area is 230 Å². The molecule has 2 heterocycles. The molecule has 9 nitrogen and oxygen atoms in total. The van der Waals surface area contributed by atoms with Crippen LogP contribution in [0.5, 0.6) is 0 Å². The Hall–Kier alpha value is -3.14. The average Bonchev–Trinajstić information content (AvgIpc) is 3.37. The molecule has 15 heteroatoms. The number of nitro benzene ring substituents is 1. The standard InChI is InChI=1S/C24H23F3N4O5S3/c25-24(26,27)38-20-3-1-2-18(14-20)29-17-10-12-30(13-11-17)39(35,36)22-9-8-21(37-22)15-28-23(32)16-4-6-19(7-5-16)31(33)34/h1-9,14,17,29H,10-13,15H2,(H,28,32). The largest absolute Gasteiger partial charge is 0.446 e. The second kappa shape index (κ2) is 11.9. The number of nitrogens with one attached hydrogen (secondary N) is 2. The van der Waals surface area contributed by atoms with Crippen molar-refractivity contribution in [1.29, 1.82) is 0 Å². The van der Waals surface area contributed by atoms with E-state index in [1.54, 1.807) is 18.2 Å². The van der Waals surface area contributed by atoms with Crippen LogP contribution in [0.4, 0.5) is 24.5 Å². The van der Waals surface area contributed by atoms with Gasteiger partial charge in [-0.3, -0.25) is 14.9 Å². The highest BCUT2D eigenvalue weighted by Gasteiger charge is 2.31. The molecule has 4 rings (SSSR count). The van der Waals surface area contributed by atoms with Crippen molar-refractivity contribution in [2.24, 2.45) is 0 Å². The molecular weight excluding hydrogens is 577 g/mol. The quantitative estimate of drug-likeness (QED) is 0.190. The number of nitro groups is 1. The molecule has 1 aliphatic rings. The van der Waals surface area contributed by atoms with Crippen molar-refractivity contribution in [1.82, 2.24) is 9.62 Å². The van der Waals surface area contributed by atoms with Crippen LogP contribution < -0.4 is 10.6 Å². The van der Waals surface area contributed by atoms with Crippen LogP contribution in [0, 0.1) is 10.1 Å². The lowest BCUT2D eigenvalue weighted by Crippen LogP contribution is -2.42. The highest BCUT2D eigenvalue weighted by Crippen LogP contribution is 2.38. The maximum atomic E-state index is 13.2. The zero-order valence-corrected chi connectivity index (χ0v) is 22.6. The minimum Gasteiger partial charge on any atom is -0.382 e. The van der Waals surface area contributed by atoms with E-state index in [9.17, 15) is 36.5 Å². The summed E-state index contributed by atoms with van der Waals surface area (Å²) in [5, 5.41) is 16.6. The van der Waals surface area contributed by atoms with Crippen LogP contribution in [-0.2, 0) is 16.6 Å². The van der Waals surface area contributed by atoms with Gasteiger partial charge in [0.2, 0.25) is 0 Å². The highest BCUT2D eigenvalue weighted by atomic mass is 32.2. The zero-order chi connectivity index (χ0) is 28.2. The Morgan fingerprint density at radius 2 is 1.79 bits per heavy atom. The fourth-order valence-electron chi connectivity index (χ4n) is 3.98. The number of benzene rings is 2. The summed E-state index contributed by atoms with van der Waals surface area (Å²) in [5.41, 5.74) is -3.72. The first-order valence-corrected chi connectivity index (χ1v) is 14.7. The third-order valence-electron chi connectivity index (χ3n) is 5.89. The number of sulfonamides is 1. The number of carbonyl (C=O) groups excluding carboxylic acids is 1. The number of nitrogens with zero attached hydrogens (tertiary/aromatic N) is 2. The third-order valence-corrected chi connectivity index (χ3v) is 10.1. The third kappa shape index (κ3) is 7.71. The Balaban J connectivity index is 1.29. The lowest BCUT2D eigenvalue weighted by molar-refractivity contribution is -0.384. The summed E-state index contributed by atoms with van der Waals surface area (Å²) in [6, 6.07) is 14.2. The molecule has 1 fully saturated rings. The molecule has 0 atom stereocenters. The maximum absolute atomic E-state index is 13.2. The van der Waals surface area contributed by atoms with E-state index in [1.807, 2.05) is 0 Å². The van der Waals surface area contributed by atoms with Crippen molar-refractivity contribution < 1.29 is 31.3 Å². The number of non-ortho nitro benzene ring substituents is 1. The molecular formula is C24H23F3N4O5S3. The molecule has 0 aliphatic carbocycles. The molecule has 0 radical (unpaired) electrons. The Morgan fingerprint density at radius 1 is 1.10 bits per heavy atom. The van der Waals surface area contributed by atoms with Gasteiger partial charge in [0.15, 0.2) is 0 Å². The molecule has 1 saturated heterocycles. The van der Waals surface area contributed by atoms with E-state index in [1.165, 1.54) is 46.8 Å². The molecule has 1 aromatic heterocycles. The molecule has 2 N–H and O–H groups in total. The number of thiophene rings is 1. The van der Waals surface area contributed by atoms with Crippen LogP contribution in [0.2, 0.25) is 0 Å². The van der Waals surface area contributed by atoms with Crippen LogP contribution in [0.1, 0.15) is 28.1 Å². The van der Waals surface area contributed by atoms with Gasteiger partial charge >= 0.3 is 5.51 Å². The lowest BCUT2D eigenvalue weighted by atomic mass is 10.1. The van der Waals surface area contributed by atoms with E-state index in [-0.39, 0.29) is 57.8 Å². The highest BCUT2D eigenvalue weighted by molar-refractivity contribution is 8.00. The Bertz CT molecular complexity index is 1440. The number of halogens is 3. The summed E-state index contributed by atoms with van der Waals surface area (Å²) in [6.45, 7) is 0.593. The van der Waals surface area contributed by atoms with E-state index in [0.717, 1.165) is 11.3 Å². The first kappa shape index (κ1) is 28.9. The number of rotatable bonds is 9. The molecule has 3 aromatic rings. The fourth-order valence-corrected chi connectivity index (χ4v) is 7.50. The Morgan fingerprint density at radius 3 is 2.44 bits per heavy atom. The van der Waals surface area contributed by atoms with Crippen molar-refractivity contribution in [2.75, 3.05) is 18.4 Å². The second-order valence-corrected chi connectivity index (χ2v) is 13.1. The van der Waals surface area contributed by atoms with Crippen molar-refractivity contribution in [2.45, 2.75) is 40.0 Å². The van der Waals surface area contributed by atoms with E-state index < -0.39 is 26.4 Å². The summed E-state index contributed by atoms with van der Waals surface area (Å²) >= 11 is 0.857. The number of carbonyl (C=O) groups is 1. The van der Waals surface area contributed by atoms with E-state index in [4.69, 9.17) is 0 Å². The molecule has 1 aliphatic heterocycles. The van der Waals surface area contributed by atoms with E-state index >= 15 is 0 Å². The van der Waals surface area contributed by atoms with E-state index in [0.29, 0.717) is 23.4 Å². The van der Waals surface area contributed by atoms with Crippen LogP contribution in [0.15, 0.2) is 69.8 Å². The van der Waals surface area contributed by atoms with E-state index in [2.05, 4.69) is 10.6 Å². The molecule has 208 valence electrons. The SMILES string of the molecule is O=C(NCc1ccc(S(=O)(=O)N2CCC(Nc3cccc(SC(F)(F)F)c3)CC2)s1)c1ccc([N+](=O)[O-])cc1. The van der Waals surface area contributed by atoms with Crippen molar-refractivity contribution in [3.63, 3.8) is 0 Å². The number of amides is 1. The van der Waals surface area contributed by atoms with Crippen molar-refractivity contribution >= 4 is 50.4 Å². The topological polar surface area (TPSA) is 122 Å². The summed E-state index contributed by atoms with van der Waals surface area (Å²) in [4.78, 5) is 23.2. The first-order chi connectivity index (χ1) is 18.4. The van der Waals surface area contributed by atoms with Gasteiger partial charge < -0.3 is 10.6 Å². The van der Waals surface area contributed by atoms with Gasteiger partial charge in [0.1, 0.15) is 4.21 Å². The smallest absolute Gasteiger partial charge is 0.382 e. The predicted octanol–water partition coefficient (Wildman–Crippen LogP) is 5.46. The molecule has 0 unspecified atom stereocenters.